The van der Waals surface area contributed by atoms with Crippen molar-refractivity contribution in [2.24, 2.45) is 0 Å². The molecule has 25 heavy (non-hydrogen) atoms. The molecule has 2 aromatic rings. The summed E-state index contributed by atoms with van der Waals surface area (Å²) >= 11 is 0. The number of hydrogen-bond donors (Lipinski definition) is 0. The molecule has 0 N–H and O–H groups in total. The standard InChI is InChI=1S/C9H10.C8H8.C4H6.C3H3N/c1-8(2)9-6-4-3-5-7-9;1-2-8-6-4-3-5-7-8;1-3-4-2;1-2-3-4/h3-7H,1H2,2H3;2-7H,1H2;3-4H,1-2H2;2H,1H2. The number of allylic oxidation sites excluding steroid dienone is 4. The van der Waals surface area contributed by atoms with Crippen molar-refractivity contribution in [2.45, 2.75) is 6.92 Å². The third-order valence-electron chi connectivity index (χ3n) is 2.56. The Morgan fingerprint density at radius 3 is 1.44 bits per heavy atom. The van der Waals surface area contributed by atoms with Gasteiger partial charge in [-0.1, -0.05) is 117 Å². The predicted molar refractivity (Wildman–Crippen MR) is 114 cm³/mol. The van der Waals surface area contributed by atoms with Crippen molar-refractivity contribution in [3.8, 4) is 6.07 Å². The third-order valence-corrected chi connectivity index (χ3v) is 2.56. The van der Waals surface area contributed by atoms with Crippen LogP contribution in [-0.4, -0.2) is 0 Å². The van der Waals surface area contributed by atoms with Crippen LogP contribution in [0.3, 0.4) is 0 Å². The topological polar surface area (TPSA) is 23.8 Å². The van der Waals surface area contributed by atoms with Crippen LogP contribution in [0.2, 0.25) is 0 Å². The van der Waals surface area contributed by atoms with E-state index in [9.17, 15) is 0 Å². The summed E-state index contributed by atoms with van der Waals surface area (Å²) in [6, 6.07) is 21.9. The number of benzene rings is 2. The lowest BCUT2D eigenvalue weighted by atomic mass is 10.1. The second-order valence-electron chi connectivity index (χ2n) is 4.57. The Morgan fingerprint density at radius 1 is 0.840 bits per heavy atom. The van der Waals surface area contributed by atoms with E-state index in [1.54, 1.807) is 18.2 Å². The van der Waals surface area contributed by atoms with Crippen LogP contribution in [0.1, 0.15) is 18.1 Å². The summed E-state index contributed by atoms with van der Waals surface area (Å²) in [7, 11) is 0. The van der Waals surface area contributed by atoms with Crippen LogP contribution < -0.4 is 0 Å². The van der Waals surface area contributed by atoms with Crippen molar-refractivity contribution in [3.05, 3.63) is 123 Å². The molecule has 0 bridgehead atoms. The molecule has 0 amide bonds. The molecule has 0 aliphatic rings. The Morgan fingerprint density at radius 2 is 1.24 bits per heavy atom. The first-order valence-electron chi connectivity index (χ1n) is 7.69. The van der Waals surface area contributed by atoms with E-state index >= 15 is 0 Å². The van der Waals surface area contributed by atoms with Crippen LogP contribution in [0, 0.1) is 11.3 Å². The van der Waals surface area contributed by atoms with Gasteiger partial charge in [-0.15, -0.1) is 0 Å². The van der Waals surface area contributed by atoms with Crippen molar-refractivity contribution in [1.82, 2.24) is 0 Å². The average molecular weight is 329 g/mol. The lowest BCUT2D eigenvalue weighted by Gasteiger charge is -1.94. The molecule has 0 spiro atoms. The molecule has 128 valence electrons. The van der Waals surface area contributed by atoms with Gasteiger partial charge in [-0.05, 0) is 18.1 Å². The quantitative estimate of drug-likeness (QED) is 0.435. The molecule has 1 nitrogen and oxygen atoms in total. The smallest absolute Gasteiger partial charge is 0.0905 e. The third kappa shape index (κ3) is 16.8. The molecule has 0 unspecified atom stereocenters. The van der Waals surface area contributed by atoms with Gasteiger partial charge < -0.3 is 0 Å². The van der Waals surface area contributed by atoms with Gasteiger partial charge in [0, 0.05) is 6.08 Å². The Bertz CT molecular complexity index is 652. The maximum Gasteiger partial charge on any atom is 0.0905 e. The van der Waals surface area contributed by atoms with Gasteiger partial charge in [0.15, 0.2) is 0 Å². The maximum absolute atomic E-state index is 7.51. The SMILES string of the molecule is C=C(C)c1ccccc1.C=CC#N.C=CC=C.C=Cc1ccccc1. The zero-order valence-corrected chi connectivity index (χ0v) is 15.1. The molecule has 0 radical (unpaired) electrons. The maximum atomic E-state index is 7.51. The van der Waals surface area contributed by atoms with E-state index in [0.29, 0.717) is 0 Å². The molecule has 0 fully saturated rings. The zero-order valence-electron chi connectivity index (χ0n) is 15.1. The predicted octanol–water partition coefficient (Wildman–Crippen LogP) is 7.10. The molecule has 0 aliphatic carbocycles. The fourth-order valence-corrected chi connectivity index (χ4v) is 1.31. The molecule has 1 heteroatoms. The second kappa shape index (κ2) is 18.7. The average Bonchev–Trinajstić information content (AvgIpc) is 2.70. The summed E-state index contributed by atoms with van der Waals surface area (Å²) in [4.78, 5) is 0. The monoisotopic (exact) mass is 329 g/mol. The van der Waals surface area contributed by atoms with Crippen molar-refractivity contribution in [1.29, 1.82) is 5.26 Å². The molecular weight excluding hydrogens is 302 g/mol. The first kappa shape index (κ1) is 23.9. The van der Waals surface area contributed by atoms with Crippen molar-refractivity contribution >= 4 is 11.6 Å². The second-order valence-corrected chi connectivity index (χ2v) is 4.57. The van der Waals surface area contributed by atoms with E-state index in [2.05, 4.69) is 45.0 Å². The first-order chi connectivity index (χ1) is 12.1. The number of hydrogen-bond acceptors (Lipinski definition) is 1. The summed E-state index contributed by atoms with van der Waals surface area (Å²) in [5.74, 6) is 0. The first-order valence-corrected chi connectivity index (χ1v) is 7.69. The Labute approximate surface area is 153 Å². The van der Waals surface area contributed by atoms with Crippen LogP contribution in [0.4, 0.5) is 0 Å². The van der Waals surface area contributed by atoms with Gasteiger partial charge in [0.1, 0.15) is 0 Å². The fraction of sp³-hybridized carbons (Fsp3) is 0.0417. The molecule has 0 saturated heterocycles. The molecule has 2 rings (SSSR count). The molecule has 0 aliphatic heterocycles. The van der Waals surface area contributed by atoms with E-state index in [-0.39, 0.29) is 0 Å². The Balaban J connectivity index is 0. The number of nitrogens with zero attached hydrogens (tertiary/aromatic N) is 1. The number of rotatable bonds is 3. The molecule has 0 atom stereocenters. The Hall–Kier alpha value is -3.37. The van der Waals surface area contributed by atoms with Crippen LogP contribution in [-0.2, 0) is 0 Å². The summed E-state index contributed by atoms with van der Waals surface area (Å²) < 4.78 is 0. The van der Waals surface area contributed by atoms with Gasteiger partial charge in [0.2, 0.25) is 0 Å². The minimum Gasteiger partial charge on any atom is -0.193 e. The van der Waals surface area contributed by atoms with E-state index in [1.165, 1.54) is 17.2 Å². The van der Waals surface area contributed by atoms with Crippen molar-refractivity contribution in [2.75, 3.05) is 0 Å². The van der Waals surface area contributed by atoms with Crippen LogP contribution in [0.25, 0.3) is 11.6 Å². The molecule has 2 aromatic carbocycles. The number of nitriles is 1. The molecule has 0 heterocycles. The van der Waals surface area contributed by atoms with Crippen LogP contribution >= 0.6 is 0 Å². The van der Waals surface area contributed by atoms with Crippen molar-refractivity contribution < 1.29 is 0 Å². The summed E-state index contributed by atoms with van der Waals surface area (Å²) in [5.41, 5.74) is 3.51. The van der Waals surface area contributed by atoms with Gasteiger partial charge in [-0.2, -0.15) is 5.26 Å². The summed E-state index contributed by atoms with van der Waals surface area (Å²) in [5, 5.41) is 7.51. The minimum atomic E-state index is 1.12. The van der Waals surface area contributed by atoms with Crippen LogP contribution in [0.15, 0.2) is 112 Å². The van der Waals surface area contributed by atoms with Gasteiger partial charge >= 0.3 is 0 Å². The highest BCUT2D eigenvalue weighted by Crippen LogP contribution is 2.08. The lowest BCUT2D eigenvalue weighted by Crippen LogP contribution is -1.72. The molecule has 0 aromatic heterocycles. The molecule has 0 saturated carbocycles. The van der Waals surface area contributed by atoms with E-state index < -0.39 is 0 Å². The zero-order chi connectivity index (χ0) is 19.3. The largest absolute Gasteiger partial charge is 0.193 e. The minimum absolute atomic E-state index is 1.12. The van der Waals surface area contributed by atoms with E-state index in [0.717, 1.165) is 5.57 Å². The van der Waals surface area contributed by atoms with E-state index in [1.807, 2.05) is 61.5 Å². The van der Waals surface area contributed by atoms with Gasteiger partial charge in [0.05, 0.1) is 6.07 Å². The summed E-state index contributed by atoms with van der Waals surface area (Å²) in [6.07, 6.45) is 6.29. The van der Waals surface area contributed by atoms with Crippen molar-refractivity contribution in [3.63, 3.8) is 0 Å². The highest BCUT2D eigenvalue weighted by atomic mass is 14.2. The van der Waals surface area contributed by atoms with Gasteiger partial charge in [0.25, 0.3) is 0 Å². The van der Waals surface area contributed by atoms with Crippen LogP contribution in [0.5, 0.6) is 0 Å². The highest BCUT2D eigenvalue weighted by molar-refractivity contribution is 5.60. The molecular formula is C24H27N. The normalized spacial score (nSPS) is 7.36. The van der Waals surface area contributed by atoms with Gasteiger partial charge in [-0.3, -0.25) is 0 Å². The lowest BCUT2D eigenvalue weighted by molar-refractivity contribution is 1.54. The Kier molecular flexibility index (Phi) is 17.8. The fourth-order valence-electron chi connectivity index (χ4n) is 1.31. The van der Waals surface area contributed by atoms with Gasteiger partial charge in [-0.25, -0.2) is 0 Å². The highest BCUT2D eigenvalue weighted by Gasteiger charge is 1.86. The summed E-state index contributed by atoms with van der Waals surface area (Å²) in [6.45, 7) is 19.3. The van der Waals surface area contributed by atoms with E-state index in [4.69, 9.17) is 5.26 Å².